The quantitative estimate of drug-likeness (QED) is 0.0324. The summed E-state index contributed by atoms with van der Waals surface area (Å²) < 4.78 is 5.45. The van der Waals surface area contributed by atoms with E-state index in [-0.39, 0.29) is 18.5 Å². The topological polar surface area (TPSA) is 95.9 Å². The monoisotopic (exact) mass is 792 g/mol. The molecule has 0 saturated carbocycles. The number of rotatable bonds is 46. The maximum atomic E-state index is 12.4. The summed E-state index contributed by atoms with van der Waals surface area (Å²) in [5.74, 6) is -0.0757. The van der Waals surface area contributed by atoms with E-state index in [0.717, 1.165) is 57.8 Å². The van der Waals surface area contributed by atoms with Gasteiger partial charge in [0.15, 0.2) is 0 Å². The molecule has 0 aliphatic rings. The molecule has 2 atom stereocenters. The largest absolute Gasteiger partial charge is 0.466 e. The number of carbonyl (C=O) groups is 2. The summed E-state index contributed by atoms with van der Waals surface area (Å²) in [4.78, 5) is 24.4. The summed E-state index contributed by atoms with van der Waals surface area (Å²) >= 11 is 0. The Morgan fingerprint density at radius 2 is 0.839 bits per heavy atom. The van der Waals surface area contributed by atoms with Crippen LogP contribution in [0.3, 0.4) is 0 Å². The average Bonchev–Trinajstić information content (AvgIpc) is 3.20. The molecular formula is C50H97NO5. The Hall–Kier alpha value is -1.40. The minimum atomic E-state index is -0.675. The first-order chi connectivity index (χ1) is 27.5. The number of amides is 1. The van der Waals surface area contributed by atoms with Crippen LogP contribution in [0.5, 0.6) is 0 Å². The highest BCUT2D eigenvalue weighted by Gasteiger charge is 2.20. The zero-order valence-corrected chi connectivity index (χ0v) is 37.6. The second kappa shape index (κ2) is 46.3. The number of aliphatic hydroxyl groups is 2. The first kappa shape index (κ1) is 54.6. The van der Waals surface area contributed by atoms with Crippen molar-refractivity contribution in [3.8, 4) is 0 Å². The van der Waals surface area contributed by atoms with Crippen LogP contribution in [0, 0.1) is 0 Å². The van der Waals surface area contributed by atoms with Crippen LogP contribution in [0.15, 0.2) is 12.2 Å². The lowest BCUT2D eigenvalue weighted by molar-refractivity contribution is -0.143. The van der Waals surface area contributed by atoms with Crippen LogP contribution in [0.2, 0.25) is 0 Å². The summed E-state index contributed by atoms with van der Waals surface area (Å²) in [6.07, 6.45) is 51.7. The highest BCUT2D eigenvalue weighted by Crippen LogP contribution is 2.16. The van der Waals surface area contributed by atoms with Crippen molar-refractivity contribution in [2.45, 2.75) is 283 Å². The van der Waals surface area contributed by atoms with Gasteiger partial charge in [-0.05, 0) is 51.4 Å². The van der Waals surface area contributed by atoms with Gasteiger partial charge in [0, 0.05) is 12.8 Å². The Morgan fingerprint density at radius 1 is 0.482 bits per heavy atom. The van der Waals surface area contributed by atoms with Crippen LogP contribution in [-0.4, -0.2) is 47.4 Å². The van der Waals surface area contributed by atoms with E-state index < -0.39 is 12.1 Å². The van der Waals surface area contributed by atoms with E-state index in [4.69, 9.17) is 4.74 Å². The SMILES string of the molecule is CCCCCCC/C=C\CCCCCCCC(=O)OCCCCCCCCCCCCCC(=O)NC(CO)C(O)CCCCCCCCCCCCCCCC. The molecule has 0 aliphatic carbocycles. The van der Waals surface area contributed by atoms with Crippen molar-refractivity contribution in [1.82, 2.24) is 5.32 Å². The zero-order valence-electron chi connectivity index (χ0n) is 37.6. The average molecular weight is 792 g/mol. The van der Waals surface area contributed by atoms with Crippen LogP contribution in [0.1, 0.15) is 271 Å². The maximum absolute atomic E-state index is 12.4. The van der Waals surface area contributed by atoms with Crippen molar-refractivity contribution in [3.63, 3.8) is 0 Å². The molecule has 0 aromatic heterocycles. The molecule has 0 saturated heterocycles. The predicted molar refractivity (Wildman–Crippen MR) is 241 cm³/mol. The lowest BCUT2D eigenvalue weighted by atomic mass is 10.0. The third kappa shape index (κ3) is 42.2. The van der Waals surface area contributed by atoms with Crippen LogP contribution in [0.4, 0.5) is 0 Å². The summed E-state index contributed by atoms with van der Waals surface area (Å²) in [5, 5.41) is 23.2. The van der Waals surface area contributed by atoms with E-state index in [0.29, 0.717) is 25.9 Å². The van der Waals surface area contributed by atoms with Crippen molar-refractivity contribution in [1.29, 1.82) is 0 Å². The standard InChI is InChI=1S/C50H97NO5/c1-3-5-7-9-11-13-15-17-19-22-26-30-34-38-42-48(53)47(46-52)51-49(54)43-39-35-31-27-23-21-25-29-33-37-41-45-56-50(55)44-40-36-32-28-24-20-18-16-14-12-10-8-6-4-2/h16,18,47-48,52-53H,3-15,17,19-46H2,1-2H3,(H,51,54)/b18-16-. The molecule has 0 aromatic rings. The van der Waals surface area contributed by atoms with Crippen molar-refractivity contribution < 1.29 is 24.5 Å². The first-order valence-electron chi connectivity index (χ1n) is 24.9. The van der Waals surface area contributed by atoms with Gasteiger partial charge in [-0.25, -0.2) is 0 Å². The Kier molecular flexibility index (Phi) is 45.1. The van der Waals surface area contributed by atoms with E-state index in [2.05, 4.69) is 31.3 Å². The van der Waals surface area contributed by atoms with Crippen molar-refractivity contribution >= 4 is 11.9 Å². The number of unbranched alkanes of at least 4 members (excludes halogenated alkanes) is 33. The Morgan fingerprint density at radius 3 is 1.27 bits per heavy atom. The van der Waals surface area contributed by atoms with Gasteiger partial charge in [-0.15, -0.1) is 0 Å². The normalized spacial score (nSPS) is 12.7. The molecule has 332 valence electrons. The molecule has 0 bridgehead atoms. The molecule has 6 nitrogen and oxygen atoms in total. The highest BCUT2D eigenvalue weighted by molar-refractivity contribution is 5.76. The van der Waals surface area contributed by atoms with Gasteiger partial charge in [0.2, 0.25) is 5.91 Å². The van der Waals surface area contributed by atoms with E-state index in [1.165, 1.54) is 180 Å². The molecule has 56 heavy (non-hydrogen) atoms. The van der Waals surface area contributed by atoms with Gasteiger partial charge in [0.1, 0.15) is 0 Å². The van der Waals surface area contributed by atoms with E-state index in [9.17, 15) is 19.8 Å². The number of nitrogens with one attached hydrogen (secondary N) is 1. The lowest BCUT2D eigenvalue weighted by Gasteiger charge is -2.22. The molecular weight excluding hydrogens is 695 g/mol. The lowest BCUT2D eigenvalue weighted by Crippen LogP contribution is -2.45. The molecule has 2 unspecified atom stereocenters. The van der Waals surface area contributed by atoms with Gasteiger partial charge in [-0.1, -0.05) is 219 Å². The fourth-order valence-corrected chi connectivity index (χ4v) is 7.69. The second-order valence-electron chi connectivity index (χ2n) is 17.1. The van der Waals surface area contributed by atoms with Crippen LogP contribution in [0.25, 0.3) is 0 Å². The summed E-state index contributed by atoms with van der Waals surface area (Å²) in [6.45, 7) is 4.90. The number of hydrogen-bond donors (Lipinski definition) is 3. The summed E-state index contributed by atoms with van der Waals surface area (Å²) in [7, 11) is 0. The smallest absolute Gasteiger partial charge is 0.305 e. The molecule has 6 heteroatoms. The Labute approximate surface area is 349 Å². The molecule has 0 rings (SSSR count). The van der Waals surface area contributed by atoms with Gasteiger partial charge in [0.25, 0.3) is 0 Å². The Balaban J connectivity index is 3.47. The van der Waals surface area contributed by atoms with Gasteiger partial charge in [-0.3, -0.25) is 9.59 Å². The molecule has 0 radical (unpaired) electrons. The molecule has 1 amide bonds. The third-order valence-electron chi connectivity index (χ3n) is 11.6. The number of carbonyl (C=O) groups excluding carboxylic acids is 2. The van der Waals surface area contributed by atoms with Gasteiger partial charge >= 0.3 is 5.97 Å². The fourth-order valence-electron chi connectivity index (χ4n) is 7.69. The molecule has 0 heterocycles. The van der Waals surface area contributed by atoms with E-state index in [1.54, 1.807) is 0 Å². The maximum Gasteiger partial charge on any atom is 0.305 e. The predicted octanol–water partition coefficient (Wildman–Crippen LogP) is 14.6. The summed E-state index contributed by atoms with van der Waals surface area (Å²) in [5.41, 5.74) is 0. The van der Waals surface area contributed by atoms with Crippen molar-refractivity contribution in [2.24, 2.45) is 0 Å². The highest BCUT2D eigenvalue weighted by atomic mass is 16.5. The van der Waals surface area contributed by atoms with Gasteiger partial charge in [-0.2, -0.15) is 0 Å². The molecule has 0 fully saturated rings. The van der Waals surface area contributed by atoms with Crippen molar-refractivity contribution in [3.05, 3.63) is 12.2 Å². The molecule has 3 N–H and O–H groups in total. The number of esters is 1. The van der Waals surface area contributed by atoms with Crippen LogP contribution < -0.4 is 5.32 Å². The number of aliphatic hydroxyl groups excluding tert-OH is 2. The van der Waals surface area contributed by atoms with Gasteiger partial charge in [0.05, 0.1) is 25.4 Å². The number of hydrogen-bond acceptors (Lipinski definition) is 5. The van der Waals surface area contributed by atoms with Crippen LogP contribution in [-0.2, 0) is 14.3 Å². The Bertz CT molecular complexity index is 832. The second-order valence-corrected chi connectivity index (χ2v) is 17.1. The number of allylic oxidation sites excluding steroid dienone is 2. The zero-order chi connectivity index (χ0) is 40.8. The minimum Gasteiger partial charge on any atom is -0.466 e. The third-order valence-corrected chi connectivity index (χ3v) is 11.6. The van der Waals surface area contributed by atoms with E-state index in [1.807, 2.05) is 0 Å². The van der Waals surface area contributed by atoms with Crippen molar-refractivity contribution in [2.75, 3.05) is 13.2 Å². The van der Waals surface area contributed by atoms with Crippen LogP contribution >= 0.6 is 0 Å². The summed E-state index contributed by atoms with van der Waals surface area (Å²) in [6, 6.07) is -0.554. The number of ether oxygens (including phenoxy) is 1. The molecule has 0 aromatic carbocycles. The fraction of sp³-hybridized carbons (Fsp3) is 0.920. The van der Waals surface area contributed by atoms with E-state index >= 15 is 0 Å². The minimum absolute atomic E-state index is 0.0220. The molecule has 0 spiro atoms. The first-order valence-corrected chi connectivity index (χ1v) is 24.9. The molecule has 0 aliphatic heterocycles. The van der Waals surface area contributed by atoms with Gasteiger partial charge < -0.3 is 20.3 Å².